The van der Waals surface area contributed by atoms with E-state index in [0.717, 1.165) is 25.9 Å². The summed E-state index contributed by atoms with van der Waals surface area (Å²) in [6.07, 6.45) is -1.46. The third-order valence-corrected chi connectivity index (χ3v) is 9.06. The van der Waals surface area contributed by atoms with Crippen LogP contribution in [0.4, 0.5) is 14.5 Å². The summed E-state index contributed by atoms with van der Waals surface area (Å²) in [5.74, 6) is 0.270. The Balaban J connectivity index is 1.56. The molecule has 0 amide bonds. The van der Waals surface area contributed by atoms with Crippen molar-refractivity contribution in [1.29, 1.82) is 0 Å². The van der Waals surface area contributed by atoms with Crippen molar-refractivity contribution in [2.24, 2.45) is 0 Å². The van der Waals surface area contributed by atoms with Crippen LogP contribution >= 0.6 is 11.3 Å². The summed E-state index contributed by atoms with van der Waals surface area (Å²) in [6, 6.07) is 3.14. The van der Waals surface area contributed by atoms with Crippen LogP contribution in [-0.4, -0.2) is 79.4 Å². The van der Waals surface area contributed by atoms with E-state index in [9.17, 15) is 17.2 Å². The third kappa shape index (κ3) is 4.42. The lowest BCUT2D eigenvalue weighted by Crippen LogP contribution is -2.43. The van der Waals surface area contributed by atoms with Gasteiger partial charge in [0.05, 0.1) is 34.7 Å². The number of benzene rings is 1. The van der Waals surface area contributed by atoms with Crippen molar-refractivity contribution in [3.8, 4) is 11.0 Å². The van der Waals surface area contributed by atoms with Gasteiger partial charge in [0.25, 0.3) is 6.43 Å². The standard InChI is InChI=1S/C21H25F2N7O4S2/c1-21(2-3-21)28-36(31,32)13-8-14(29-6-4-24-5-7-29)16-15(9-13)30(20-26-25-19(35-20)17(22)23)27-18(16)34-12-10-33-11-12/h8-9,12,17,24,28H,2-7,10-11H2,1H3. The quantitative estimate of drug-likeness (QED) is 0.440. The van der Waals surface area contributed by atoms with Crippen LogP contribution in [0, 0.1) is 0 Å². The van der Waals surface area contributed by atoms with Crippen LogP contribution in [0.2, 0.25) is 0 Å². The average molecular weight is 542 g/mol. The van der Waals surface area contributed by atoms with Gasteiger partial charge in [0, 0.05) is 31.7 Å². The summed E-state index contributed by atoms with van der Waals surface area (Å²) >= 11 is 0.695. The maximum atomic E-state index is 13.4. The first-order valence-electron chi connectivity index (χ1n) is 11.7. The van der Waals surface area contributed by atoms with E-state index in [1.807, 2.05) is 6.92 Å². The van der Waals surface area contributed by atoms with Gasteiger partial charge in [0.2, 0.25) is 21.0 Å². The molecule has 3 fully saturated rings. The van der Waals surface area contributed by atoms with Crippen molar-refractivity contribution in [1.82, 2.24) is 30.0 Å². The zero-order valence-corrected chi connectivity index (χ0v) is 21.0. The van der Waals surface area contributed by atoms with Crippen LogP contribution < -0.4 is 19.7 Å². The summed E-state index contributed by atoms with van der Waals surface area (Å²) in [6.45, 7) is 5.42. The Morgan fingerprint density at radius 2 is 2.00 bits per heavy atom. The Kier molecular flexibility index (Phi) is 5.87. The maximum Gasteiger partial charge on any atom is 0.291 e. The molecular formula is C21H25F2N7O4S2. The van der Waals surface area contributed by atoms with E-state index in [4.69, 9.17) is 9.47 Å². The van der Waals surface area contributed by atoms with E-state index < -0.39 is 27.0 Å². The molecule has 1 aliphatic carbocycles. The highest BCUT2D eigenvalue weighted by molar-refractivity contribution is 7.89. The van der Waals surface area contributed by atoms with Crippen molar-refractivity contribution >= 4 is 38.0 Å². The van der Waals surface area contributed by atoms with Gasteiger partial charge in [0.15, 0.2) is 5.01 Å². The topological polar surface area (TPSA) is 124 Å². The Morgan fingerprint density at radius 1 is 1.25 bits per heavy atom. The van der Waals surface area contributed by atoms with Crippen LogP contribution in [0.25, 0.3) is 16.0 Å². The molecule has 1 aromatic carbocycles. The summed E-state index contributed by atoms with van der Waals surface area (Å²) < 4.78 is 68.8. The van der Waals surface area contributed by atoms with Gasteiger partial charge < -0.3 is 19.7 Å². The molecule has 36 heavy (non-hydrogen) atoms. The van der Waals surface area contributed by atoms with E-state index in [0.29, 0.717) is 54.2 Å². The number of sulfonamides is 1. The lowest BCUT2D eigenvalue weighted by Gasteiger charge is -2.31. The number of nitrogens with one attached hydrogen (secondary N) is 2. The lowest BCUT2D eigenvalue weighted by atomic mass is 10.1. The number of alkyl halides is 2. The summed E-state index contributed by atoms with van der Waals surface area (Å²) in [4.78, 5) is 2.15. The molecule has 2 saturated heterocycles. The van der Waals surface area contributed by atoms with Crippen molar-refractivity contribution in [2.45, 2.75) is 42.7 Å². The second-order valence-corrected chi connectivity index (χ2v) is 12.1. The van der Waals surface area contributed by atoms with Crippen LogP contribution in [0.3, 0.4) is 0 Å². The van der Waals surface area contributed by atoms with Gasteiger partial charge >= 0.3 is 0 Å². The van der Waals surface area contributed by atoms with Gasteiger partial charge in [-0.05, 0) is 31.9 Å². The second kappa shape index (κ2) is 8.83. The highest BCUT2D eigenvalue weighted by Gasteiger charge is 2.42. The molecule has 0 unspecified atom stereocenters. The Bertz CT molecular complexity index is 1400. The van der Waals surface area contributed by atoms with E-state index >= 15 is 0 Å². The van der Waals surface area contributed by atoms with Crippen molar-refractivity contribution in [2.75, 3.05) is 44.3 Å². The molecule has 11 nitrogen and oxygen atoms in total. The fraction of sp³-hybridized carbons (Fsp3) is 0.571. The molecular weight excluding hydrogens is 516 g/mol. The molecule has 2 aliphatic heterocycles. The van der Waals surface area contributed by atoms with Crippen molar-refractivity contribution in [3.63, 3.8) is 0 Å². The molecule has 0 bridgehead atoms. The minimum absolute atomic E-state index is 0.0648. The second-order valence-electron chi connectivity index (χ2n) is 9.46. The first kappa shape index (κ1) is 23.9. The van der Waals surface area contributed by atoms with Gasteiger partial charge in [-0.15, -0.1) is 15.3 Å². The molecule has 6 rings (SSSR count). The summed E-state index contributed by atoms with van der Waals surface area (Å²) in [5, 5.41) is 15.6. The minimum Gasteiger partial charge on any atom is -0.468 e. The molecule has 0 radical (unpaired) electrons. The zero-order chi connectivity index (χ0) is 25.1. The first-order chi connectivity index (χ1) is 17.2. The molecule has 3 aromatic rings. The normalized spacial score (nSPS) is 20.2. The minimum atomic E-state index is -3.87. The summed E-state index contributed by atoms with van der Waals surface area (Å²) in [5.41, 5.74) is 0.572. The van der Waals surface area contributed by atoms with E-state index in [2.05, 4.69) is 30.2 Å². The van der Waals surface area contributed by atoms with Crippen LogP contribution in [0.5, 0.6) is 5.88 Å². The molecule has 4 heterocycles. The Labute approximate surface area is 209 Å². The van der Waals surface area contributed by atoms with Gasteiger partial charge in [-0.25, -0.2) is 26.6 Å². The van der Waals surface area contributed by atoms with Gasteiger partial charge in [-0.2, -0.15) is 0 Å². The molecule has 194 valence electrons. The third-order valence-electron chi connectivity index (χ3n) is 6.54. The number of ether oxygens (including phenoxy) is 2. The number of fused-ring (bicyclic) bond motifs is 1. The summed E-state index contributed by atoms with van der Waals surface area (Å²) in [7, 11) is -3.87. The Morgan fingerprint density at radius 3 is 2.61 bits per heavy atom. The highest BCUT2D eigenvalue weighted by atomic mass is 32.2. The highest BCUT2D eigenvalue weighted by Crippen LogP contribution is 2.41. The van der Waals surface area contributed by atoms with Gasteiger partial charge in [0.1, 0.15) is 6.10 Å². The Hall–Kier alpha value is -2.46. The number of nitrogens with zero attached hydrogens (tertiary/aromatic N) is 5. The number of anilines is 1. The molecule has 3 aliphatic rings. The fourth-order valence-electron chi connectivity index (χ4n) is 4.22. The van der Waals surface area contributed by atoms with Crippen LogP contribution in [0.15, 0.2) is 17.0 Å². The number of aromatic nitrogens is 4. The van der Waals surface area contributed by atoms with Crippen LogP contribution in [0.1, 0.15) is 31.2 Å². The number of hydrogen-bond acceptors (Lipinski definition) is 10. The molecule has 15 heteroatoms. The van der Waals surface area contributed by atoms with Crippen LogP contribution in [-0.2, 0) is 14.8 Å². The maximum absolute atomic E-state index is 13.4. The number of rotatable bonds is 8. The number of piperazine rings is 1. The predicted octanol–water partition coefficient (Wildman–Crippen LogP) is 1.83. The largest absolute Gasteiger partial charge is 0.468 e. The smallest absolute Gasteiger partial charge is 0.291 e. The SMILES string of the molecule is CC1(NS(=O)(=O)c2cc(N3CCNCC3)c3c(OC4COC4)nn(-c4nnc(C(F)F)s4)c3c2)CC1. The predicted molar refractivity (Wildman–Crippen MR) is 128 cm³/mol. The molecule has 2 aromatic heterocycles. The molecule has 0 spiro atoms. The molecule has 0 atom stereocenters. The van der Waals surface area contributed by atoms with Crippen molar-refractivity contribution in [3.05, 3.63) is 17.1 Å². The number of hydrogen-bond donors (Lipinski definition) is 2. The zero-order valence-electron chi connectivity index (χ0n) is 19.4. The molecule has 1 saturated carbocycles. The lowest BCUT2D eigenvalue weighted by molar-refractivity contribution is -0.0808. The monoisotopic (exact) mass is 541 g/mol. The number of halogens is 2. The van der Waals surface area contributed by atoms with E-state index in [1.54, 1.807) is 6.07 Å². The average Bonchev–Trinajstić information content (AvgIpc) is 3.22. The molecule has 2 N–H and O–H groups in total. The van der Waals surface area contributed by atoms with Crippen molar-refractivity contribution < 1.29 is 26.7 Å². The van der Waals surface area contributed by atoms with E-state index in [-0.39, 0.29) is 22.0 Å². The van der Waals surface area contributed by atoms with Gasteiger partial charge in [-0.3, -0.25) is 0 Å². The van der Waals surface area contributed by atoms with E-state index in [1.165, 1.54) is 10.7 Å². The van der Waals surface area contributed by atoms with Gasteiger partial charge in [-0.1, -0.05) is 11.3 Å². The first-order valence-corrected chi connectivity index (χ1v) is 14.0. The fourth-order valence-corrected chi connectivity index (χ4v) is 6.39.